The van der Waals surface area contributed by atoms with Crippen molar-refractivity contribution in [3.05, 3.63) is 35.6 Å². The standard InChI is InChI=1S/C20H33FN4O/c1-16(2)6-5-9-23-20(22-3)24-15-19(25-10-12-26-13-11-25)17-7-4-8-18(21)14-17/h4,7-8,14,16,19H,5-6,9-13,15H2,1-3H3,(H2,22,23,24). The largest absolute Gasteiger partial charge is 0.379 e. The molecule has 1 aromatic rings. The SMILES string of the molecule is CN=C(NCCCC(C)C)NCC(c1cccc(F)c1)N1CCOCC1. The van der Waals surface area contributed by atoms with Crippen molar-refractivity contribution in [2.45, 2.75) is 32.7 Å². The van der Waals surface area contributed by atoms with E-state index >= 15 is 0 Å². The van der Waals surface area contributed by atoms with E-state index < -0.39 is 0 Å². The molecule has 1 unspecified atom stereocenters. The molecule has 0 aromatic heterocycles. The average molecular weight is 365 g/mol. The number of rotatable bonds is 8. The molecule has 1 atom stereocenters. The zero-order chi connectivity index (χ0) is 18.8. The Morgan fingerprint density at radius 3 is 2.69 bits per heavy atom. The molecule has 0 amide bonds. The second-order valence-corrected chi connectivity index (χ2v) is 7.14. The zero-order valence-electron chi connectivity index (χ0n) is 16.3. The second kappa shape index (κ2) is 11.1. The van der Waals surface area contributed by atoms with E-state index in [1.807, 2.05) is 6.07 Å². The van der Waals surface area contributed by atoms with Gasteiger partial charge < -0.3 is 15.4 Å². The van der Waals surface area contributed by atoms with Gasteiger partial charge in [0.2, 0.25) is 0 Å². The Kier molecular flexibility index (Phi) is 8.85. The van der Waals surface area contributed by atoms with Gasteiger partial charge in [-0.3, -0.25) is 9.89 Å². The van der Waals surface area contributed by atoms with Gasteiger partial charge in [-0.2, -0.15) is 0 Å². The van der Waals surface area contributed by atoms with Crippen LogP contribution in [0.1, 0.15) is 38.3 Å². The summed E-state index contributed by atoms with van der Waals surface area (Å²) < 4.78 is 19.2. The fourth-order valence-electron chi connectivity index (χ4n) is 3.19. The van der Waals surface area contributed by atoms with Crippen LogP contribution in [0.4, 0.5) is 4.39 Å². The van der Waals surface area contributed by atoms with Crippen LogP contribution >= 0.6 is 0 Å². The number of halogens is 1. The second-order valence-electron chi connectivity index (χ2n) is 7.14. The third kappa shape index (κ3) is 6.92. The summed E-state index contributed by atoms with van der Waals surface area (Å²) >= 11 is 0. The van der Waals surface area contributed by atoms with Gasteiger partial charge in [0.15, 0.2) is 5.96 Å². The first kappa shape index (κ1) is 20.6. The molecule has 1 aliphatic heterocycles. The van der Waals surface area contributed by atoms with Crippen molar-refractivity contribution in [3.8, 4) is 0 Å². The Balaban J connectivity index is 1.95. The molecule has 1 fully saturated rings. The molecule has 0 bridgehead atoms. The molecule has 0 aliphatic carbocycles. The zero-order valence-corrected chi connectivity index (χ0v) is 16.3. The van der Waals surface area contributed by atoms with Crippen LogP contribution < -0.4 is 10.6 Å². The summed E-state index contributed by atoms with van der Waals surface area (Å²) in [6, 6.07) is 6.97. The van der Waals surface area contributed by atoms with Gasteiger partial charge in [0.05, 0.1) is 19.3 Å². The minimum atomic E-state index is -0.197. The number of nitrogens with one attached hydrogen (secondary N) is 2. The van der Waals surface area contributed by atoms with Crippen LogP contribution in [0.25, 0.3) is 0 Å². The van der Waals surface area contributed by atoms with Gasteiger partial charge in [0, 0.05) is 33.2 Å². The van der Waals surface area contributed by atoms with Crippen molar-refractivity contribution in [2.75, 3.05) is 46.4 Å². The quantitative estimate of drug-likeness (QED) is 0.423. The van der Waals surface area contributed by atoms with Gasteiger partial charge >= 0.3 is 0 Å². The van der Waals surface area contributed by atoms with E-state index in [-0.39, 0.29) is 11.9 Å². The van der Waals surface area contributed by atoms with Crippen molar-refractivity contribution in [1.29, 1.82) is 0 Å². The molecular weight excluding hydrogens is 331 g/mol. The van der Waals surface area contributed by atoms with Crippen molar-refractivity contribution in [1.82, 2.24) is 15.5 Å². The van der Waals surface area contributed by atoms with Crippen LogP contribution in [0.5, 0.6) is 0 Å². The van der Waals surface area contributed by atoms with Crippen LogP contribution in [0.3, 0.4) is 0 Å². The van der Waals surface area contributed by atoms with Crippen LogP contribution in [-0.4, -0.2) is 57.3 Å². The molecule has 2 N–H and O–H groups in total. The molecular formula is C20H33FN4O. The van der Waals surface area contributed by atoms with Gasteiger partial charge in [-0.15, -0.1) is 0 Å². The minimum absolute atomic E-state index is 0.0869. The molecule has 1 heterocycles. The molecule has 0 spiro atoms. The molecule has 146 valence electrons. The number of nitrogens with zero attached hydrogens (tertiary/aromatic N) is 2. The molecule has 6 heteroatoms. The summed E-state index contributed by atoms with van der Waals surface area (Å²) in [5, 5.41) is 6.77. The van der Waals surface area contributed by atoms with E-state index in [1.165, 1.54) is 12.5 Å². The maximum absolute atomic E-state index is 13.7. The summed E-state index contributed by atoms with van der Waals surface area (Å²) in [5.74, 6) is 1.31. The van der Waals surface area contributed by atoms with Gasteiger partial charge in [-0.25, -0.2) is 4.39 Å². The maximum Gasteiger partial charge on any atom is 0.191 e. The Hall–Kier alpha value is -1.66. The van der Waals surface area contributed by atoms with Gasteiger partial charge in [-0.05, 0) is 36.5 Å². The van der Waals surface area contributed by atoms with Gasteiger partial charge in [0.1, 0.15) is 5.82 Å². The monoisotopic (exact) mass is 364 g/mol. The number of ether oxygens (including phenoxy) is 1. The lowest BCUT2D eigenvalue weighted by Gasteiger charge is -2.35. The van der Waals surface area contributed by atoms with Gasteiger partial charge in [0.25, 0.3) is 0 Å². The molecule has 0 saturated carbocycles. The van der Waals surface area contributed by atoms with Crippen molar-refractivity contribution < 1.29 is 9.13 Å². The molecule has 1 aromatic carbocycles. The first-order valence-electron chi connectivity index (χ1n) is 9.62. The van der Waals surface area contributed by atoms with Crippen LogP contribution in [0.15, 0.2) is 29.3 Å². The fraction of sp³-hybridized carbons (Fsp3) is 0.650. The number of morpholine rings is 1. The summed E-state index contributed by atoms with van der Waals surface area (Å²) in [5.41, 5.74) is 0.981. The molecule has 5 nitrogen and oxygen atoms in total. The Labute approximate surface area is 157 Å². The normalized spacial score (nSPS) is 17.3. The van der Waals surface area contributed by atoms with E-state index in [9.17, 15) is 4.39 Å². The minimum Gasteiger partial charge on any atom is -0.379 e. The number of hydrogen-bond donors (Lipinski definition) is 2. The highest BCUT2D eigenvalue weighted by Gasteiger charge is 2.23. The molecule has 0 radical (unpaired) electrons. The summed E-state index contributed by atoms with van der Waals surface area (Å²) in [7, 11) is 1.78. The van der Waals surface area contributed by atoms with E-state index in [1.54, 1.807) is 19.2 Å². The van der Waals surface area contributed by atoms with E-state index in [0.717, 1.165) is 37.6 Å². The number of benzene rings is 1. The lowest BCUT2D eigenvalue weighted by atomic mass is 10.0. The number of hydrogen-bond acceptors (Lipinski definition) is 3. The van der Waals surface area contributed by atoms with E-state index in [0.29, 0.717) is 25.7 Å². The first-order chi connectivity index (χ1) is 12.6. The lowest BCUT2D eigenvalue weighted by Crippen LogP contribution is -2.46. The Morgan fingerprint density at radius 1 is 1.27 bits per heavy atom. The lowest BCUT2D eigenvalue weighted by molar-refractivity contribution is 0.0169. The third-order valence-corrected chi connectivity index (χ3v) is 4.66. The Bertz CT molecular complexity index is 558. The van der Waals surface area contributed by atoms with Crippen molar-refractivity contribution in [2.24, 2.45) is 10.9 Å². The number of guanidine groups is 1. The predicted octanol–water partition coefficient (Wildman–Crippen LogP) is 2.80. The van der Waals surface area contributed by atoms with E-state index in [4.69, 9.17) is 4.74 Å². The van der Waals surface area contributed by atoms with Crippen LogP contribution in [0, 0.1) is 11.7 Å². The number of aliphatic imine (C=N–C) groups is 1. The maximum atomic E-state index is 13.7. The van der Waals surface area contributed by atoms with Gasteiger partial charge in [-0.1, -0.05) is 26.0 Å². The highest BCUT2D eigenvalue weighted by atomic mass is 19.1. The summed E-state index contributed by atoms with van der Waals surface area (Å²) in [6.07, 6.45) is 2.32. The van der Waals surface area contributed by atoms with Crippen LogP contribution in [0.2, 0.25) is 0 Å². The topological polar surface area (TPSA) is 48.9 Å². The third-order valence-electron chi connectivity index (χ3n) is 4.66. The smallest absolute Gasteiger partial charge is 0.191 e. The Morgan fingerprint density at radius 2 is 2.04 bits per heavy atom. The fourth-order valence-corrected chi connectivity index (χ4v) is 3.19. The predicted molar refractivity (Wildman–Crippen MR) is 105 cm³/mol. The highest BCUT2D eigenvalue weighted by Crippen LogP contribution is 2.22. The molecule has 2 rings (SSSR count). The summed E-state index contributed by atoms with van der Waals surface area (Å²) in [6.45, 7) is 9.18. The van der Waals surface area contributed by atoms with Crippen LogP contribution in [-0.2, 0) is 4.74 Å². The molecule has 1 aliphatic rings. The molecule has 1 saturated heterocycles. The average Bonchev–Trinajstić information content (AvgIpc) is 2.64. The van der Waals surface area contributed by atoms with Crippen molar-refractivity contribution >= 4 is 5.96 Å². The molecule has 26 heavy (non-hydrogen) atoms. The highest BCUT2D eigenvalue weighted by molar-refractivity contribution is 5.79. The van der Waals surface area contributed by atoms with E-state index in [2.05, 4.69) is 34.4 Å². The first-order valence-corrected chi connectivity index (χ1v) is 9.62. The van der Waals surface area contributed by atoms with Crippen molar-refractivity contribution in [3.63, 3.8) is 0 Å². The summed E-state index contributed by atoms with van der Waals surface area (Å²) in [4.78, 5) is 6.65.